The number of rotatable bonds is 1. The predicted octanol–water partition coefficient (Wildman–Crippen LogP) is 4.52. The van der Waals surface area contributed by atoms with E-state index in [1.54, 1.807) is 0 Å². The van der Waals surface area contributed by atoms with Gasteiger partial charge in [0.05, 0.1) is 5.69 Å². The van der Waals surface area contributed by atoms with Crippen molar-refractivity contribution in [3.8, 4) is 11.3 Å². The maximum Gasteiger partial charge on any atom is 0.224 e. The zero-order chi connectivity index (χ0) is 11.7. The van der Waals surface area contributed by atoms with Crippen molar-refractivity contribution >= 4 is 39.1 Å². The van der Waals surface area contributed by atoms with Crippen LogP contribution in [0.4, 0.5) is 0 Å². The minimum absolute atomic E-state index is 0.161. The lowest BCUT2D eigenvalue weighted by Gasteiger charge is -2.06. The fourth-order valence-corrected chi connectivity index (χ4v) is 2.00. The molecule has 0 amide bonds. The van der Waals surface area contributed by atoms with E-state index in [2.05, 4.69) is 25.9 Å². The SMILES string of the molecule is Cc1c(Cl)nc(Cl)nc1-c1ccc(Br)cc1. The van der Waals surface area contributed by atoms with Crippen molar-refractivity contribution < 1.29 is 0 Å². The summed E-state index contributed by atoms with van der Waals surface area (Å²) in [5, 5.41) is 0.548. The second-order valence-corrected chi connectivity index (χ2v) is 4.88. The van der Waals surface area contributed by atoms with Crippen LogP contribution in [0, 0.1) is 6.92 Å². The van der Waals surface area contributed by atoms with Gasteiger partial charge >= 0.3 is 0 Å². The highest BCUT2D eigenvalue weighted by atomic mass is 79.9. The summed E-state index contributed by atoms with van der Waals surface area (Å²) < 4.78 is 1.01. The third kappa shape index (κ3) is 2.37. The molecule has 0 aliphatic rings. The Balaban J connectivity index is 2.59. The first-order valence-corrected chi connectivity index (χ1v) is 6.08. The number of benzene rings is 1. The molecule has 0 bridgehead atoms. The Morgan fingerprint density at radius 1 is 1.06 bits per heavy atom. The molecule has 2 nitrogen and oxygen atoms in total. The van der Waals surface area contributed by atoms with Crippen LogP contribution < -0.4 is 0 Å². The van der Waals surface area contributed by atoms with Gasteiger partial charge in [0.25, 0.3) is 0 Å². The van der Waals surface area contributed by atoms with Gasteiger partial charge in [-0.2, -0.15) is 0 Å². The summed E-state index contributed by atoms with van der Waals surface area (Å²) in [7, 11) is 0. The maximum atomic E-state index is 5.96. The van der Waals surface area contributed by atoms with Gasteiger partial charge in [0.1, 0.15) is 5.15 Å². The van der Waals surface area contributed by atoms with Gasteiger partial charge in [0.2, 0.25) is 5.28 Å². The Hall–Kier alpha value is -0.640. The van der Waals surface area contributed by atoms with E-state index in [1.165, 1.54) is 0 Å². The summed E-state index contributed by atoms with van der Waals surface area (Å²) in [5.41, 5.74) is 2.55. The third-order valence-corrected chi connectivity index (χ3v) is 3.24. The van der Waals surface area contributed by atoms with Crippen molar-refractivity contribution in [3.05, 3.63) is 44.7 Å². The van der Waals surface area contributed by atoms with Gasteiger partial charge < -0.3 is 0 Å². The Kier molecular flexibility index (Phi) is 3.47. The van der Waals surface area contributed by atoms with Crippen molar-refractivity contribution in [3.63, 3.8) is 0 Å². The number of nitrogens with zero attached hydrogens (tertiary/aromatic N) is 2. The van der Waals surface area contributed by atoms with E-state index in [0.29, 0.717) is 5.15 Å². The number of hydrogen-bond acceptors (Lipinski definition) is 2. The second-order valence-electron chi connectivity index (χ2n) is 3.26. The molecule has 2 aromatic rings. The highest BCUT2D eigenvalue weighted by Gasteiger charge is 2.09. The molecule has 0 N–H and O–H groups in total. The van der Waals surface area contributed by atoms with Crippen LogP contribution in [0.2, 0.25) is 10.4 Å². The van der Waals surface area contributed by atoms with Gasteiger partial charge in [0.15, 0.2) is 0 Å². The largest absolute Gasteiger partial charge is 0.224 e. The molecular formula is C11H7BrCl2N2. The Morgan fingerprint density at radius 2 is 1.69 bits per heavy atom. The summed E-state index contributed by atoms with van der Waals surface area (Å²) in [6.07, 6.45) is 0. The third-order valence-electron chi connectivity index (χ3n) is 2.18. The quantitative estimate of drug-likeness (QED) is 0.571. The zero-order valence-electron chi connectivity index (χ0n) is 8.34. The van der Waals surface area contributed by atoms with E-state index in [-0.39, 0.29) is 5.28 Å². The minimum Gasteiger partial charge on any atom is -0.218 e. The fourth-order valence-electron chi connectivity index (χ4n) is 1.35. The molecule has 0 spiro atoms. The molecule has 2 rings (SSSR count). The van der Waals surface area contributed by atoms with Gasteiger partial charge in [-0.3, -0.25) is 0 Å². The molecule has 0 aliphatic heterocycles. The molecule has 0 atom stereocenters. The summed E-state index contributed by atoms with van der Waals surface area (Å²) in [5.74, 6) is 0. The summed E-state index contributed by atoms with van der Waals surface area (Å²) in [4.78, 5) is 8.08. The first-order valence-electron chi connectivity index (χ1n) is 4.53. The average Bonchev–Trinajstić information content (AvgIpc) is 2.25. The molecule has 5 heteroatoms. The van der Waals surface area contributed by atoms with E-state index < -0.39 is 0 Å². The summed E-state index contributed by atoms with van der Waals surface area (Å²) in [6, 6.07) is 7.79. The molecular weight excluding hydrogens is 311 g/mol. The van der Waals surface area contributed by atoms with Crippen molar-refractivity contribution in [2.24, 2.45) is 0 Å². The van der Waals surface area contributed by atoms with E-state index in [4.69, 9.17) is 23.2 Å². The smallest absolute Gasteiger partial charge is 0.218 e. The average molecular weight is 318 g/mol. The number of hydrogen-bond donors (Lipinski definition) is 0. The Morgan fingerprint density at radius 3 is 2.31 bits per heavy atom. The minimum atomic E-state index is 0.161. The molecule has 16 heavy (non-hydrogen) atoms. The van der Waals surface area contributed by atoms with Crippen LogP contribution in [0.5, 0.6) is 0 Å². The molecule has 0 unspecified atom stereocenters. The van der Waals surface area contributed by atoms with Gasteiger partial charge in [0, 0.05) is 15.6 Å². The number of halogens is 3. The Labute approximate surface area is 112 Å². The maximum absolute atomic E-state index is 5.96. The monoisotopic (exact) mass is 316 g/mol. The zero-order valence-corrected chi connectivity index (χ0v) is 11.4. The molecule has 0 radical (unpaired) electrons. The van der Waals surface area contributed by atoms with Crippen molar-refractivity contribution in [1.29, 1.82) is 0 Å². The topological polar surface area (TPSA) is 25.8 Å². The van der Waals surface area contributed by atoms with Crippen molar-refractivity contribution in [2.75, 3.05) is 0 Å². The predicted molar refractivity (Wildman–Crippen MR) is 69.9 cm³/mol. The molecule has 1 aromatic carbocycles. The summed E-state index contributed by atoms with van der Waals surface area (Å²) >= 11 is 15.1. The molecule has 0 saturated heterocycles. The van der Waals surface area contributed by atoms with Gasteiger partial charge in [-0.1, -0.05) is 39.7 Å². The lowest BCUT2D eigenvalue weighted by molar-refractivity contribution is 1.13. The van der Waals surface area contributed by atoms with E-state index >= 15 is 0 Å². The molecule has 0 aliphatic carbocycles. The van der Waals surface area contributed by atoms with E-state index in [9.17, 15) is 0 Å². The van der Waals surface area contributed by atoms with Crippen LogP contribution >= 0.6 is 39.1 Å². The highest BCUT2D eigenvalue weighted by molar-refractivity contribution is 9.10. The lowest BCUT2D eigenvalue weighted by atomic mass is 10.1. The van der Waals surface area contributed by atoms with Crippen LogP contribution in [-0.4, -0.2) is 9.97 Å². The first-order chi connectivity index (χ1) is 7.58. The lowest BCUT2D eigenvalue weighted by Crippen LogP contribution is -1.93. The van der Waals surface area contributed by atoms with Crippen LogP contribution in [0.25, 0.3) is 11.3 Å². The molecule has 1 heterocycles. The van der Waals surface area contributed by atoms with Crippen LogP contribution in [0.1, 0.15) is 5.56 Å². The van der Waals surface area contributed by atoms with Crippen molar-refractivity contribution in [1.82, 2.24) is 9.97 Å². The van der Waals surface area contributed by atoms with Gasteiger partial charge in [-0.15, -0.1) is 0 Å². The highest BCUT2D eigenvalue weighted by Crippen LogP contribution is 2.27. The molecule has 0 saturated carbocycles. The van der Waals surface area contributed by atoms with Crippen LogP contribution in [-0.2, 0) is 0 Å². The van der Waals surface area contributed by atoms with Crippen molar-refractivity contribution in [2.45, 2.75) is 6.92 Å². The molecule has 1 aromatic heterocycles. The standard InChI is InChI=1S/C11H7BrCl2N2/c1-6-9(15-11(14)16-10(6)13)7-2-4-8(12)5-3-7/h2-5H,1H3. The van der Waals surface area contributed by atoms with E-state index in [0.717, 1.165) is 21.3 Å². The van der Waals surface area contributed by atoms with E-state index in [1.807, 2.05) is 31.2 Å². The molecule has 82 valence electrons. The molecule has 0 fully saturated rings. The Bertz CT molecular complexity index is 526. The van der Waals surface area contributed by atoms with Crippen LogP contribution in [0.15, 0.2) is 28.7 Å². The second kappa shape index (κ2) is 4.70. The normalized spacial score (nSPS) is 10.5. The number of aromatic nitrogens is 2. The summed E-state index contributed by atoms with van der Waals surface area (Å²) in [6.45, 7) is 1.87. The first kappa shape index (κ1) is 11.8. The fraction of sp³-hybridized carbons (Fsp3) is 0.0909. The van der Waals surface area contributed by atoms with Gasteiger partial charge in [-0.25, -0.2) is 9.97 Å². The van der Waals surface area contributed by atoms with Gasteiger partial charge in [-0.05, 0) is 30.7 Å². The van der Waals surface area contributed by atoms with Crippen LogP contribution in [0.3, 0.4) is 0 Å².